The van der Waals surface area contributed by atoms with Gasteiger partial charge in [-0.15, -0.1) is 0 Å². The monoisotopic (exact) mass is 408 g/mol. The van der Waals surface area contributed by atoms with E-state index in [0.717, 1.165) is 0 Å². The molecular weight excluding hydrogens is 392 g/mol. The van der Waals surface area contributed by atoms with Crippen LogP contribution in [0.1, 0.15) is 6.42 Å². The molecule has 0 aromatic heterocycles. The molecule has 4 rings (SSSR count). The second kappa shape index (κ2) is 7.03. The van der Waals surface area contributed by atoms with Crippen molar-refractivity contribution in [1.82, 2.24) is 4.72 Å². The average Bonchev–Trinajstić information content (AvgIpc) is 3.01. The number of nitrogens with zero attached hydrogens (tertiary/aromatic N) is 1. The molecule has 0 spiro atoms. The second-order valence-electron chi connectivity index (χ2n) is 6.31. The first-order chi connectivity index (χ1) is 12.9. The van der Waals surface area contributed by atoms with Gasteiger partial charge in [-0.05, 0) is 36.4 Å². The normalized spacial score (nSPS) is 19.4. The largest absolute Gasteiger partial charge is 0.486 e. The summed E-state index contributed by atoms with van der Waals surface area (Å²) in [5.41, 5.74) is 0.686. The van der Waals surface area contributed by atoms with Gasteiger partial charge >= 0.3 is 0 Å². The summed E-state index contributed by atoms with van der Waals surface area (Å²) < 4.78 is 38.9. The number of sulfonamides is 1. The van der Waals surface area contributed by atoms with Gasteiger partial charge in [0.1, 0.15) is 13.2 Å². The zero-order valence-electron chi connectivity index (χ0n) is 14.2. The van der Waals surface area contributed by atoms with Gasteiger partial charge in [0.2, 0.25) is 15.9 Å². The summed E-state index contributed by atoms with van der Waals surface area (Å²) in [6, 6.07) is 10.8. The molecule has 1 fully saturated rings. The van der Waals surface area contributed by atoms with E-state index in [-0.39, 0.29) is 23.8 Å². The highest BCUT2D eigenvalue weighted by atomic mass is 35.5. The molecule has 1 N–H and O–H groups in total. The van der Waals surface area contributed by atoms with Crippen molar-refractivity contribution in [2.45, 2.75) is 17.4 Å². The Bertz CT molecular complexity index is 978. The number of carbonyl (C=O) groups is 1. The fourth-order valence-electron chi connectivity index (χ4n) is 3.14. The van der Waals surface area contributed by atoms with E-state index >= 15 is 0 Å². The van der Waals surface area contributed by atoms with E-state index in [4.69, 9.17) is 21.1 Å². The van der Waals surface area contributed by atoms with Crippen LogP contribution in [-0.4, -0.2) is 40.1 Å². The molecule has 0 aliphatic carbocycles. The van der Waals surface area contributed by atoms with Gasteiger partial charge in [0, 0.05) is 35.8 Å². The van der Waals surface area contributed by atoms with Crippen LogP contribution in [0.5, 0.6) is 11.5 Å². The van der Waals surface area contributed by atoms with Gasteiger partial charge in [0.05, 0.1) is 4.90 Å². The molecule has 7 nitrogen and oxygen atoms in total. The van der Waals surface area contributed by atoms with Crippen LogP contribution in [0.15, 0.2) is 47.4 Å². The summed E-state index contributed by atoms with van der Waals surface area (Å²) >= 11 is 5.87. The molecule has 0 radical (unpaired) electrons. The molecule has 2 heterocycles. The van der Waals surface area contributed by atoms with Gasteiger partial charge in [0.15, 0.2) is 11.5 Å². The fraction of sp³-hybridized carbons (Fsp3) is 0.278. The quantitative estimate of drug-likeness (QED) is 0.838. The molecule has 1 unspecified atom stereocenters. The Balaban J connectivity index is 1.50. The van der Waals surface area contributed by atoms with Crippen LogP contribution >= 0.6 is 11.6 Å². The van der Waals surface area contributed by atoms with Crippen molar-refractivity contribution in [3.05, 3.63) is 47.5 Å². The number of rotatable bonds is 4. The first kappa shape index (κ1) is 18.1. The van der Waals surface area contributed by atoms with Crippen molar-refractivity contribution in [3.63, 3.8) is 0 Å². The predicted molar refractivity (Wildman–Crippen MR) is 100.0 cm³/mol. The van der Waals surface area contributed by atoms with Crippen LogP contribution in [0.3, 0.4) is 0 Å². The van der Waals surface area contributed by atoms with Crippen LogP contribution < -0.4 is 19.1 Å². The van der Waals surface area contributed by atoms with Crippen LogP contribution in [0, 0.1) is 0 Å². The third-order valence-electron chi connectivity index (χ3n) is 4.41. The highest BCUT2D eigenvalue weighted by Crippen LogP contribution is 2.32. The maximum atomic E-state index is 12.7. The van der Waals surface area contributed by atoms with Crippen molar-refractivity contribution in [2.24, 2.45) is 0 Å². The lowest BCUT2D eigenvalue weighted by Gasteiger charge is -2.20. The number of nitrogens with one attached hydrogen (secondary N) is 1. The molecule has 27 heavy (non-hydrogen) atoms. The zero-order valence-corrected chi connectivity index (χ0v) is 15.8. The highest BCUT2D eigenvalue weighted by molar-refractivity contribution is 7.89. The molecule has 142 valence electrons. The standard InChI is InChI=1S/C18H17ClN2O5S/c19-12-1-3-14(4-2-12)21-11-13(9-18(21)22)20-27(23,24)15-5-6-16-17(10-15)26-8-7-25-16/h1-6,10,13,20H,7-9,11H2. The number of halogens is 1. The topological polar surface area (TPSA) is 84.9 Å². The summed E-state index contributed by atoms with van der Waals surface area (Å²) in [7, 11) is -3.80. The van der Waals surface area contributed by atoms with Gasteiger partial charge in [-0.25, -0.2) is 13.1 Å². The second-order valence-corrected chi connectivity index (χ2v) is 8.46. The molecule has 0 saturated carbocycles. The molecule has 2 aromatic carbocycles. The maximum absolute atomic E-state index is 12.7. The van der Waals surface area contributed by atoms with Crippen molar-refractivity contribution in [3.8, 4) is 11.5 Å². The summed E-state index contributed by atoms with van der Waals surface area (Å²) in [6.07, 6.45) is 0.0897. The first-order valence-electron chi connectivity index (χ1n) is 8.40. The number of hydrogen-bond acceptors (Lipinski definition) is 5. The minimum atomic E-state index is -3.80. The predicted octanol–water partition coefficient (Wildman–Crippen LogP) is 2.19. The molecule has 1 saturated heterocycles. The van der Waals surface area contributed by atoms with E-state index in [0.29, 0.717) is 35.4 Å². The molecule has 2 aliphatic rings. The van der Waals surface area contributed by atoms with E-state index in [1.54, 1.807) is 35.2 Å². The number of fused-ring (bicyclic) bond motifs is 1. The molecular formula is C18H17ClN2O5S. The first-order valence-corrected chi connectivity index (χ1v) is 10.3. The van der Waals surface area contributed by atoms with E-state index in [1.807, 2.05) is 0 Å². The Labute approximate surface area is 161 Å². The van der Waals surface area contributed by atoms with E-state index in [9.17, 15) is 13.2 Å². The fourth-order valence-corrected chi connectivity index (χ4v) is 4.50. The number of anilines is 1. The Morgan fingerprint density at radius 2 is 1.74 bits per heavy atom. The van der Waals surface area contributed by atoms with E-state index < -0.39 is 16.1 Å². The van der Waals surface area contributed by atoms with Crippen molar-refractivity contribution < 1.29 is 22.7 Å². The summed E-state index contributed by atoms with van der Waals surface area (Å²) in [4.78, 5) is 13.9. The van der Waals surface area contributed by atoms with Crippen LogP contribution in [0.4, 0.5) is 5.69 Å². The lowest BCUT2D eigenvalue weighted by Crippen LogP contribution is -2.37. The lowest BCUT2D eigenvalue weighted by atomic mass is 10.3. The van der Waals surface area contributed by atoms with Gasteiger partial charge in [-0.3, -0.25) is 4.79 Å². The number of ether oxygens (including phenoxy) is 2. The third-order valence-corrected chi connectivity index (χ3v) is 6.18. The molecule has 1 atom stereocenters. The lowest BCUT2D eigenvalue weighted by molar-refractivity contribution is -0.117. The van der Waals surface area contributed by atoms with Crippen molar-refractivity contribution in [1.29, 1.82) is 0 Å². The van der Waals surface area contributed by atoms with E-state index in [2.05, 4.69) is 4.72 Å². The highest BCUT2D eigenvalue weighted by Gasteiger charge is 2.34. The smallest absolute Gasteiger partial charge is 0.241 e. The number of hydrogen-bond donors (Lipinski definition) is 1. The van der Waals surface area contributed by atoms with E-state index in [1.165, 1.54) is 12.1 Å². The minimum absolute atomic E-state index is 0.0733. The number of amides is 1. The zero-order chi connectivity index (χ0) is 19.0. The maximum Gasteiger partial charge on any atom is 0.241 e. The van der Waals surface area contributed by atoms with Gasteiger partial charge in [-0.2, -0.15) is 0 Å². The molecule has 2 aromatic rings. The minimum Gasteiger partial charge on any atom is -0.486 e. The molecule has 9 heteroatoms. The van der Waals surface area contributed by atoms with Crippen molar-refractivity contribution in [2.75, 3.05) is 24.7 Å². The Morgan fingerprint density at radius 3 is 2.48 bits per heavy atom. The SMILES string of the molecule is O=C1CC(NS(=O)(=O)c2ccc3c(c2)OCCO3)CN1c1ccc(Cl)cc1. The summed E-state index contributed by atoms with van der Waals surface area (Å²) in [6.45, 7) is 1.06. The van der Waals surface area contributed by atoms with Gasteiger partial charge in [0.25, 0.3) is 0 Å². The molecule has 1 amide bonds. The van der Waals surface area contributed by atoms with Crippen LogP contribution in [0.25, 0.3) is 0 Å². The molecule has 0 bridgehead atoms. The summed E-state index contributed by atoms with van der Waals surface area (Å²) in [5, 5.41) is 0.571. The van der Waals surface area contributed by atoms with Crippen molar-refractivity contribution >= 4 is 33.2 Å². The van der Waals surface area contributed by atoms with Gasteiger partial charge in [-0.1, -0.05) is 11.6 Å². The number of carbonyl (C=O) groups excluding carboxylic acids is 1. The third kappa shape index (κ3) is 3.73. The molecule has 2 aliphatic heterocycles. The van der Waals surface area contributed by atoms with Crippen LogP contribution in [-0.2, 0) is 14.8 Å². The number of benzene rings is 2. The average molecular weight is 409 g/mol. The Morgan fingerprint density at radius 1 is 1.04 bits per heavy atom. The van der Waals surface area contributed by atoms with Crippen LogP contribution in [0.2, 0.25) is 5.02 Å². The Hall–Kier alpha value is -2.29. The Kier molecular flexibility index (Phi) is 4.71. The van der Waals surface area contributed by atoms with Gasteiger partial charge < -0.3 is 14.4 Å². The summed E-state index contributed by atoms with van der Waals surface area (Å²) in [5.74, 6) is 0.770.